The second-order valence-corrected chi connectivity index (χ2v) is 5.01. The van der Waals surface area contributed by atoms with Gasteiger partial charge in [-0.05, 0) is 6.42 Å². The molecule has 0 bridgehead atoms. The number of aromatic nitrogens is 3. The monoisotopic (exact) mass is 296 g/mol. The Labute approximate surface area is 125 Å². The molecule has 0 fully saturated rings. The summed E-state index contributed by atoms with van der Waals surface area (Å²) in [5.41, 5.74) is 2.42. The van der Waals surface area contributed by atoms with E-state index >= 15 is 0 Å². The lowest BCUT2D eigenvalue weighted by Crippen LogP contribution is -2.38. The highest BCUT2D eigenvalue weighted by atomic mass is 16.2. The van der Waals surface area contributed by atoms with Gasteiger partial charge in [-0.2, -0.15) is 15.0 Å². The van der Waals surface area contributed by atoms with Crippen LogP contribution in [0.2, 0.25) is 0 Å². The molecule has 1 amide bonds. The molecule has 21 heavy (non-hydrogen) atoms. The van der Waals surface area contributed by atoms with E-state index in [-0.39, 0.29) is 18.4 Å². The lowest BCUT2D eigenvalue weighted by Gasteiger charge is -2.24. The molecule has 0 aliphatic heterocycles. The van der Waals surface area contributed by atoms with Gasteiger partial charge >= 0.3 is 0 Å². The molecule has 1 aromatic rings. The molecule has 0 radical (unpaired) electrons. The number of nitrogen functional groups attached to an aromatic ring is 1. The molecule has 118 valence electrons. The SMILES string of the molecule is CCCN(CC(=O)N(C)C)c1nc(NN)nc(N(C)C)n1. The number of anilines is 3. The number of hydrogen-bond acceptors (Lipinski definition) is 8. The van der Waals surface area contributed by atoms with Gasteiger partial charge in [-0.15, -0.1) is 0 Å². The second kappa shape index (κ2) is 7.58. The first-order valence-electron chi connectivity index (χ1n) is 6.74. The highest BCUT2D eigenvalue weighted by Gasteiger charge is 2.17. The molecular weight excluding hydrogens is 272 g/mol. The molecule has 0 aliphatic rings. The van der Waals surface area contributed by atoms with E-state index in [1.165, 1.54) is 0 Å². The Morgan fingerprint density at radius 3 is 2.24 bits per heavy atom. The summed E-state index contributed by atoms with van der Waals surface area (Å²) in [5, 5.41) is 0. The predicted molar refractivity (Wildman–Crippen MR) is 83.2 cm³/mol. The maximum absolute atomic E-state index is 11.9. The first-order chi connectivity index (χ1) is 9.88. The van der Waals surface area contributed by atoms with Crippen LogP contribution in [0, 0.1) is 0 Å². The van der Waals surface area contributed by atoms with Crippen molar-refractivity contribution in [3.8, 4) is 0 Å². The molecule has 0 aliphatic carbocycles. The summed E-state index contributed by atoms with van der Waals surface area (Å²) in [4.78, 5) is 29.8. The number of hydrogen-bond donors (Lipinski definition) is 2. The normalized spacial score (nSPS) is 10.2. The van der Waals surface area contributed by atoms with Crippen LogP contribution in [0.25, 0.3) is 0 Å². The summed E-state index contributed by atoms with van der Waals surface area (Å²) in [6.45, 7) is 2.91. The van der Waals surface area contributed by atoms with Crippen LogP contribution in [0.5, 0.6) is 0 Å². The smallest absolute Gasteiger partial charge is 0.243 e. The average molecular weight is 296 g/mol. The zero-order valence-corrected chi connectivity index (χ0v) is 13.3. The van der Waals surface area contributed by atoms with Gasteiger partial charge in [0.05, 0.1) is 6.54 Å². The summed E-state index contributed by atoms with van der Waals surface area (Å²) >= 11 is 0. The Kier molecular flexibility index (Phi) is 6.10. The first-order valence-corrected chi connectivity index (χ1v) is 6.74. The van der Waals surface area contributed by atoms with Crippen molar-refractivity contribution >= 4 is 23.8 Å². The number of hydrazine groups is 1. The molecule has 0 atom stereocenters. The molecule has 3 N–H and O–H groups in total. The second-order valence-electron chi connectivity index (χ2n) is 5.01. The van der Waals surface area contributed by atoms with Gasteiger partial charge in [0.25, 0.3) is 0 Å². The van der Waals surface area contributed by atoms with Crippen LogP contribution in [0.4, 0.5) is 17.8 Å². The summed E-state index contributed by atoms with van der Waals surface area (Å²) in [5.74, 6) is 6.55. The summed E-state index contributed by atoms with van der Waals surface area (Å²) in [6.07, 6.45) is 0.870. The van der Waals surface area contributed by atoms with E-state index in [9.17, 15) is 4.79 Å². The van der Waals surface area contributed by atoms with Crippen LogP contribution in [-0.4, -0.2) is 67.0 Å². The van der Waals surface area contributed by atoms with E-state index in [1.807, 2.05) is 25.9 Å². The number of amides is 1. The lowest BCUT2D eigenvalue weighted by atomic mass is 10.4. The Balaban J connectivity index is 3.11. The van der Waals surface area contributed by atoms with Crippen molar-refractivity contribution in [2.75, 3.05) is 56.5 Å². The van der Waals surface area contributed by atoms with E-state index in [2.05, 4.69) is 20.4 Å². The maximum Gasteiger partial charge on any atom is 0.243 e. The first kappa shape index (κ1) is 16.9. The van der Waals surface area contributed by atoms with Crippen molar-refractivity contribution in [2.24, 2.45) is 5.84 Å². The number of rotatable bonds is 7. The largest absolute Gasteiger partial charge is 0.347 e. The number of carbonyl (C=O) groups excluding carboxylic acids is 1. The van der Waals surface area contributed by atoms with Gasteiger partial charge in [0.1, 0.15) is 0 Å². The molecule has 9 nitrogen and oxygen atoms in total. The van der Waals surface area contributed by atoms with Crippen LogP contribution in [0.3, 0.4) is 0 Å². The van der Waals surface area contributed by atoms with Crippen LogP contribution in [0.15, 0.2) is 0 Å². The van der Waals surface area contributed by atoms with Crippen LogP contribution in [0.1, 0.15) is 13.3 Å². The highest BCUT2D eigenvalue weighted by Crippen LogP contribution is 2.15. The van der Waals surface area contributed by atoms with Gasteiger partial charge in [0.15, 0.2) is 0 Å². The summed E-state index contributed by atoms with van der Waals surface area (Å²) in [7, 11) is 7.10. The predicted octanol–water partition coefficient (Wildman–Crippen LogP) is -0.472. The van der Waals surface area contributed by atoms with Crippen molar-refractivity contribution in [3.05, 3.63) is 0 Å². The Morgan fingerprint density at radius 1 is 1.14 bits per heavy atom. The van der Waals surface area contributed by atoms with Gasteiger partial charge in [-0.25, -0.2) is 5.84 Å². The van der Waals surface area contributed by atoms with Gasteiger partial charge in [0.2, 0.25) is 23.8 Å². The standard InChI is InChI=1S/C12H24N8O/c1-6-7-20(8-9(21)18(2)3)12-15-10(17-13)14-11(16-12)19(4)5/h6-8,13H2,1-5H3,(H,14,15,16,17). The number of nitrogens with two attached hydrogens (primary N) is 1. The van der Waals surface area contributed by atoms with E-state index in [1.54, 1.807) is 23.9 Å². The van der Waals surface area contributed by atoms with E-state index in [0.717, 1.165) is 6.42 Å². The minimum Gasteiger partial charge on any atom is -0.347 e. The quantitative estimate of drug-likeness (QED) is 0.514. The average Bonchev–Trinajstić information content (AvgIpc) is 2.45. The highest BCUT2D eigenvalue weighted by molar-refractivity contribution is 5.80. The van der Waals surface area contributed by atoms with Gasteiger partial charge in [-0.1, -0.05) is 6.92 Å². The van der Waals surface area contributed by atoms with Crippen molar-refractivity contribution in [1.29, 1.82) is 0 Å². The minimum atomic E-state index is -0.0162. The molecule has 1 rings (SSSR count). The number of likely N-dealkylation sites (N-methyl/N-ethyl adjacent to an activating group) is 1. The van der Waals surface area contributed by atoms with Gasteiger partial charge in [-0.3, -0.25) is 10.2 Å². The Hall–Kier alpha value is -2.16. The molecule has 1 heterocycles. The van der Waals surface area contributed by atoms with Crippen LogP contribution in [-0.2, 0) is 4.79 Å². The number of nitrogens with zero attached hydrogens (tertiary/aromatic N) is 6. The van der Waals surface area contributed by atoms with Crippen LogP contribution >= 0.6 is 0 Å². The number of carbonyl (C=O) groups is 1. The summed E-state index contributed by atoms with van der Waals surface area (Å²) < 4.78 is 0. The zero-order chi connectivity index (χ0) is 16.0. The van der Waals surface area contributed by atoms with E-state index in [4.69, 9.17) is 5.84 Å². The number of nitrogens with one attached hydrogen (secondary N) is 1. The van der Waals surface area contributed by atoms with E-state index < -0.39 is 0 Å². The molecule has 0 saturated heterocycles. The topological polar surface area (TPSA) is 104 Å². The molecule has 0 spiro atoms. The fourth-order valence-electron chi connectivity index (χ4n) is 1.58. The third-order valence-corrected chi connectivity index (χ3v) is 2.74. The van der Waals surface area contributed by atoms with Crippen molar-refractivity contribution in [1.82, 2.24) is 19.9 Å². The molecule has 9 heteroatoms. The maximum atomic E-state index is 11.9. The molecule has 0 unspecified atom stereocenters. The zero-order valence-electron chi connectivity index (χ0n) is 13.3. The Morgan fingerprint density at radius 2 is 1.76 bits per heavy atom. The van der Waals surface area contributed by atoms with Gasteiger partial charge in [0, 0.05) is 34.7 Å². The van der Waals surface area contributed by atoms with E-state index in [0.29, 0.717) is 18.4 Å². The fraction of sp³-hybridized carbons (Fsp3) is 0.667. The Bertz CT molecular complexity index is 476. The summed E-state index contributed by atoms with van der Waals surface area (Å²) in [6, 6.07) is 0. The molecular formula is C12H24N8O. The third-order valence-electron chi connectivity index (χ3n) is 2.74. The minimum absolute atomic E-state index is 0.0162. The third kappa shape index (κ3) is 4.71. The van der Waals surface area contributed by atoms with Crippen molar-refractivity contribution in [3.63, 3.8) is 0 Å². The van der Waals surface area contributed by atoms with Crippen molar-refractivity contribution < 1.29 is 4.79 Å². The van der Waals surface area contributed by atoms with Gasteiger partial charge < -0.3 is 14.7 Å². The fourth-order valence-corrected chi connectivity index (χ4v) is 1.58. The van der Waals surface area contributed by atoms with Crippen molar-refractivity contribution in [2.45, 2.75) is 13.3 Å². The molecule has 0 aromatic carbocycles. The van der Waals surface area contributed by atoms with Crippen LogP contribution < -0.4 is 21.1 Å². The molecule has 0 saturated carbocycles. The lowest BCUT2D eigenvalue weighted by molar-refractivity contribution is -0.127. The molecule has 1 aromatic heterocycles.